The molecule has 0 radical (unpaired) electrons. The first-order valence-corrected chi connectivity index (χ1v) is 8.84. The number of rotatable bonds is 7. The summed E-state index contributed by atoms with van der Waals surface area (Å²) in [5, 5.41) is 2.88. The van der Waals surface area contributed by atoms with Gasteiger partial charge in [0.05, 0.1) is 7.05 Å². The van der Waals surface area contributed by atoms with Gasteiger partial charge in [0.15, 0.2) is 12.6 Å². The van der Waals surface area contributed by atoms with Crippen LogP contribution in [0.5, 0.6) is 0 Å². The van der Waals surface area contributed by atoms with E-state index in [4.69, 9.17) is 0 Å². The Morgan fingerprint density at radius 3 is 2.31 bits per heavy atom. The van der Waals surface area contributed by atoms with Crippen molar-refractivity contribution < 1.29 is 14.5 Å². The van der Waals surface area contributed by atoms with Gasteiger partial charge in [-0.25, -0.2) is 0 Å². The molecule has 2 amide bonds. The number of likely N-dealkylation sites (N-methyl/N-ethyl adjacent to an activating group) is 2. The van der Waals surface area contributed by atoms with E-state index in [0.717, 1.165) is 21.7 Å². The largest absolute Gasteiger partial charge is 0.336 e. The third kappa shape index (κ3) is 5.70. The number of aryl methyl sites for hydroxylation is 1. The zero-order valence-corrected chi connectivity index (χ0v) is 16.0. The quantitative estimate of drug-likeness (QED) is 0.792. The Morgan fingerprint density at radius 2 is 1.69 bits per heavy atom. The Morgan fingerprint density at radius 1 is 1.08 bits per heavy atom. The molecule has 0 bridgehead atoms. The van der Waals surface area contributed by atoms with Crippen LogP contribution in [0.1, 0.15) is 18.1 Å². The van der Waals surface area contributed by atoms with Crippen LogP contribution in [-0.2, 0) is 16.1 Å². The monoisotopic (exact) mass is 354 g/mol. The van der Waals surface area contributed by atoms with E-state index in [9.17, 15) is 9.59 Å². The molecule has 5 nitrogen and oxygen atoms in total. The van der Waals surface area contributed by atoms with Gasteiger partial charge in [-0.15, -0.1) is 0 Å². The van der Waals surface area contributed by atoms with Gasteiger partial charge in [-0.3, -0.25) is 9.59 Å². The number of anilines is 1. The van der Waals surface area contributed by atoms with E-state index < -0.39 is 0 Å². The molecule has 138 valence electrons. The third-order valence-corrected chi connectivity index (χ3v) is 4.52. The smallest absolute Gasteiger partial charge is 0.280 e. The highest BCUT2D eigenvalue weighted by Gasteiger charge is 2.26. The maximum atomic E-state index is 12.6. The molecule has 0 aliphatic heterocycles. The molecule has 1 unspecified atom stereocenters. The molecule has 5 heteroatoms. The standard InChI is InChI=1S/C21H27N3O2/c1-16-10-12-19(13-11-16)22-20(25)15-23(3)17(2)21(26)24(4)14-18-8-6-5-7-9-18/h5-13,17H,14-15H2,1-4H3,(H,22,25)/p+1/t17-/m1/s1. The number of amides is 2. The van der Waals surface area contributed by atoms with Crippen molar-refractivity contribution in [3.63, 3.8) is 0 Å². The fraction of sp³-hybridized carbons (Fsp3) is 0.333. The average Bonchev–Trinajstić information content (AvgIpc) is 2.63. The van der Waals surface area contributed by atoms with Gasteiger partial charge in [-0.05, 0) is 31.5 Å². The predicted molar refractivity (Wildman–Crippen MR) is 104 cm³/mol. The van der Waals surface area contributed by atoms with E-state index in [-0.39, 0.29) is 24.4 Å². The van der Waals surface area contributed by atoms with Crippen molar-refractivity contribution in [1.29, 1.82) is 0 Å². The van der Waals surface area contributed by atoms with Crippen LogP contribution in [0.4, 0.5) is 5.69 Å². The van der Waals surface area contributed by atoms with Gasteiger partial charge < -0.3 is 15.1 Å². The lowest BCUT2D eigenvalue weighted by Gasteiger charge is -2.25. The third-order valence-electron chi connectivity index (χ3n) is 4.52. The maximum Gasteiger partial charge on any atom is 0.280 e. The molecule has 0 saturated carbocycles. The van der Waals surface area contributed by atoms with Gasteiger partial charge in [-0.1, -0.05) is 48.0 Å². The first kappa shape index (κ1) is 19.7. The Bertz CT molecular complexity index is 729. The van der Waals surface area contributed by atoms with Crippen LogP contribution < -0.4 is 10.2 Å². The lowest BCUT2D eigenvalue weighted by molar-refractivity contribution is -0.886. The summed E-state index contributed by atoms with van der Waals surface area (Å²) in [7, 11) is 3.67. The minimum absolute atomic E-state index is 0.0227. The number of benzene rings is 2. The molecular formula is C21H28N3O2+. The van der Waals surface area contributed by atoms with Gasteiger partial charge in [-0.2, -0.15) is 0 Å². The minimum Gasteiger partial charge on any atom is -0.336 e. The molecule has 2 aromatic rings. The molecule has 0 spiro atoms. The molecule has 0 aromatic heterocycles. The Balaban J connectivity index is 1.86. The van der Waals surface area contributed by atoms with Crippen LogP contribution in [0.2, 0.25) is 0 Å². The minimum atomic E-state index is -0.299. The summed E-state index contributed by atoms with van der Waals surface area (Å²) in [5.74, 6) is -0.0776. The van der Waals surface area contributed by atoms with Gasteiger partial charge in [0.25, 0.3) is 11.8 Å². The second kappa shape index (κ2) is 9.15. The first-order valence-electron chi connectivity index (χ1n) is 8.84. The molecule has 0 saturated heterocycles. The van der Waals surface area contributed by atoms with Crippen molar-refractivity contribution >= 4 is 17.5 Å². The average molecular weight is 354 g/mol. The van der Waals surface area contributed by atoms with E-state index >= 15 is 0 Å². The lowest BCUT2D eigenvalue weighted by Crippen LogP contribution is -3.15. The summed E-state index contributed by atoms with van der Waals surface area (Å²) in [6, 6.07) is 17.3. The van der Waals surface area contributed by atoms with Crippen molar-refractivity contribution in [3.05, 3.63) is 65.7 Å². The van der Waals surface area contributed by atoms with E-state index in [1.54, 1.807) is 11.9 Å². The van der Waals surface area contributed by atoms with Crippen molar-refractivity contribution in [1.82, 2.24) is 4.90 Å². The Kier molecular flexibility index (Phi) is 6.92. The summed E-state index contributed by atoms with van der Waals surface area (Å²) in [6.07, 6.45) is 0. The van der Waals surface area contributed by atoms with E-state index in [0.29, 0.717) is 6.54 Å². The number of hydrogen-bond acceptors (Lipinski definition) is 2. The van der Waals surface area contributed by atoms with Gasteiger partial charge in [0.2, 0.25) is 0 Å². The maximum absolute atomic E-state index is 12.6. The van der Waals surface area contributed by atoms with Crippen molar-refractivity contribution in [2.75, 3.05) is 26.0 Å². The zero-order chi connectivity index (χ0) is 19.1. The molecule has 0 heterocycles. The lowest BCUT2D eigenvalue weighted by atomic mass is 10.2. The summed E-state index contributed by atoms with van der Waals surface area (Å²) < 4.78 is 0. The van der Waals surface area contributed by atoms with Crippen LogP contribution in [0.3, 0.4) is 0 Å². The molecule has 0 aliphatic carbocycles. The van der Waals surface area contributed by atoms with Crippen molar-refractivity contribution in [2.24, 2.45) is 0 Å². The second-order valence-electron chi connectivity index (χ2n) is 6.84. The van der Waals surface area contributed by atoms with Crippen molar-refractivity contribution in [2.45, 2.75) is 26.4 Å². The highest BCUT2D eigenvalue weighted by molar-refractivity contribution is 5.91. The van der Waals surface area contributed by atoms with Crippen LogP contribution >= 0.6 is 0 Å². The van der Waals surface area contributed by atoms with Gasteiger partial charge >= 0.3 is 0 Å². The zero-order valence-electron chi connectivity index (χ0n) is 16.0. The van der Waals surface area contributed by atoms with Crippen molar-refractivity contribution in [3.8, 4) is 0 Å². The summed E-state index contributed by atoms with van der Waals surface area (Å²) in [4.78, 5) is 27.4. The number of nitrogens with zero attached hydrogens (tertiary/aromatic N) is 1. The SMILES string of the molecule is Cc1ccc(NC(=O)C[NH+](C)[C@H](C)C(=O)N(C)Cc2ccccc2)cc1. The summed E-state index contributed by atoms with van der Waals surface area (Å²) in [5.41, 5.74) is 3.00. The van der Waals surface area contributed by atoms with E-state index in [2.05, 4.69) is 5.32 Å². The van der Waals surface area contributed by atoms with E-state index in [1.165, 1.54) is 0 Å². The molecule has 26 heavy (non-hydrogen) atoms. The fourth-order valence-corrected chi connectivity index (χ4v) is 2.72. The van der Waals surface area contributed by atoms with Gasteiger partial charge in [0, 0.05) is 19.3 Å². The number of quaternary nitrogens is 1. The van der Waals surface area contributed by atoms with E-state index in [1.807, 2.05) is 75.5 Å². The highest BCUT2D eigenvalue weighted by atomic mass is 16.2. The molecule has 0 aliphatic rings. The molecule has 2 rings (SSSR count). The Labute approximate surface area is 155 Å². The Hall–Kier alpha value is -2.66. The molecule has 2 N–H and O–H groups in total. The van der Waals surface area contributed by atoms with Crippen LogP contribution in [0, 0.1) is 6.92 Å². The second-order valence-corrected chi connectivity index (χ2v) is 6.84. The molecule has 2 atom stereocenters. The molecule has 2 aromatic carbocycles. The number of carbonyl (C=O) groups excluding carboxylic acids is 2. The molecule has 0 fully saturated rings. The predicted octanol–water partition coefficient (Wildman–Crippen LogP) is 1.50. The fourth-order valence-electron chi connectivity index (χ4n) is 2.72. The molecular weight excluding hydrogens is 326 g/mol. The number of hydrogen-bond donors (Lipinski definition) is 2. The highest BCUT2D eigenvalue weighted by Crippen LogP contribution is 2.08. The van der Waals surface area contributed by atoms with Gasteiger partial charge in [0.1, 0.15) is 0 Å². The number of nitrogens with one attached hydrogen (secondary N) is 2. The topological polar surface area (TPSA) is 53.9 Å². The van der Waals surface area contributed by atoms with Crippen LogP contribution in [0.25, 0.3) is 0 Å². The summed E-state index contributed by atoms with van der Waals surface area (Å²) in [6.45, 7) is 4.66. The first-order chi connectivity index (χ1) is 12.4. The normalized spacial score (nSPS) is 12.9. The number of carbonyl (C=O) groups is 2. The summed E-state index contributed by atoms with van der Waals surface area (Å²) >= 11 is 0. The van der Waals surface area contributed by atoms with Crippen LogP contribution in [-0.4, -0.2) is 43.4 Å². The van der Waals surface area contributed by atoms with Crippen LogP contribution in [0.15, 0.2) is 54.6 Å².